The Hall–Kier alpha value is -1.52. The van der Waals surface area contributed by atoms with E-state index in [-0.39, 0.29) is 4.21 Å². The first-order valence-corrected chi connectivity index (χ1v) is 8.30. The number of nitrogens with one attached hydrogen (secondary N) is 1. The van der Waals surface area contributed by atoms with E-state index in [1.807, 2.05) is 4.72 Å². The normalized spacial score (nSPS) is 11.4. The number of aromatic carboxylic acids is 1. The molecule has 21 heavy (non-hydrogen) atoms. The fourth-order valence-corrected chi connectivity index (χ4v) is 4.50. The second-order valence-electron chi connectivity index (χ2n) is 3.78. The molecule has 1 aromatic carbocycles. The zero-order valence-electron chi connectivity index (χ0n) is 9.93. The first-order valence-electron chi connectivity index (χ1n) is 5.21. The molecule has 2 rings (SSSR count). The van der Waals surface area contributed by atoms with Gasteiger partial charge in [-0.15, -0.1) is 11.3 Å². The van der Waals surface area contributed by atoms with Crippen LogP contribution in [0.5, 0.6) is 0 Å². The van der Waals surface area contributed by atoms with Crippen molar-refractivity contribution >= 4 is 48.9 Å². The SMILES string of the molecule is O=C(O)c1cc(NS(=O)(=O)c2ccc(Br)s2)c(F)cc1F. The number of hydrogen-bond donors (Lipinski definition) is 2. The Morgan fingerprint density at radius 1 is 1.24 bits per heavy atom. The van der Waals surface area contributed by atoms with E-state index in [0.717, 1.165) is 11.3 Å². The third-order valence-electron chi connectivity index (χ3n) is 2.34. The lowest BCUT2D eigenvalue weighted by Crippen LogP contribution is -2.14. The van der Waals surface area contributed by atoms with Crippen molar-refractivity contribution in [2.24, 2.45) is 0 Å². The number of carboxylic acid groups (broad SMARTS) is 1. The van der Waals surface area contributed by atoms with Gasteiger partial charge >= 0.3 is 5.97 Å². The number of halogens is 3. The van der Waals surface area contributed by atoms with Crippen molar-refractivity contribution in [2.45, 2.75) is 4.21 Å². The zero-order valence-corrected chi connectivity index (χ0v) is 13.2. The molecule has 2 aromatic rings. The van der Waals surface area contributed by atoms with E-state index in [9.17, 15) is 22.0 Å². The second-order valence-corrected chi connectivity index (χ2v) is 8.15. The van der Waals surface area contributed by atoms with Crippen molar-refractivity contribution in [2.75, 3.05) is 4.72 Å². The summed E-state index contributed by atoms with van der Waals surface area (Å²) < 4.78 is 53.2. The topological polar surface area (TPSA) is 83.5 Å². The zero-order chi connectivity index (χ0) is 15.8. The second kappa shape index (κ2) is 5.70. The van der Waals surface area contributed by atoms with Crippen LogP contribution in [-0.2, 0) is 10.0 Å². The van der Waals surface area contributed by atoms with Crippen LogP contribution in [0.4, 0.5) is 14.5 Å². The highest BCUT2D eigenvalue weighted by Crippen LogP contribution is 2.29. The summed E-state index contributed by atoms with van der Waals surface area (Å²) in [7, 11) is -4.09. The molecule has 1 aromatic heterocycles. The van der Waals surface area contributed by atoms with Crippen molar-refractivity contribution in [1.82, 2.24) is 0 Å². The van der Waals surface area contributed by atoms with E-state index in [4.69, 9.17) is 5.11 Å². The van der Waals surface area contributed by atoms with Gasteiger partial charge in [0.05, 0.1) is 15.0 Å². The van der Waals surface area contributed by atoms with Crippen molar-refractivity contribution in [3.8, 4) is 0 Å². The number of carboxylic acids is 1. The molecular weight excluding hydrogens is 392 g/mol. The van der Waals surface area contributed by atoms with Gasteiger partial charge in [-0.3, -0.25) is 4.72 Å². The first kappa shape index (κ1) is 15.9. The number of rotatable bonds is 4. The Morgan fingerprint density at radius 2 is 1.90 bits per heavy atom. The van der Waals surface area contributed by atoms with E-state index < -0.39 is 38.9 Å². The quantitative estimate of drug-likeness (QED) is 0.828. The van der Waals surface area contributed by atoms with Crippen LogP contribution >= 0.6 is 27.3 Å². The van der Waals surface area contributed by atoms with E-state index in [1.165, 1.54) is 12.1 Å². The molecule has 0 atom stereocenters. The van der Waals surface area contributed by atoms with E-state index >= 15 is 0 Å². The lowest BCUT2D eigenvalue weighted by molar-refractivity contribution is 0.0692. The molecule has 2 N–H and O–H groups in total. The van der Waals surface area contributed by atoms with Crippen molar-refractivity contribution in [3.05, 3.63) is 45.2 Å². The fourth-order valence-electron chi connectivity index (χ4n) is 1.43. The Balaban J connectivity index is 2.44. The minimum absolute atomic E-state index is 0.102. The van der Waals surface area contributed by atoms with Gasteiger partial charge in [-0.25, -0.2) is 22.0 Å². The van der Waals surface area contributed by atoms with Gasteiger partial charge in [0.25, 0.3) is 10.0 Å². The number of benzene rings is 1. The maximum absolute atomic E-state index is 13.6. The molecule has 10 heteroatoms. The molecule has 0 saturated heterocycles. The highest BCUT2D eigenvalue weighted by molar-refractivity contribution is 9.11. The van der Waals surface area contributed by atoms with E-state index in [2.05, 4.69) is 15.9 Å². The molecule has 112 valence electrons. The van der Waals surface area contributed by atoms with Gasteiger partial charge in [-0.05, 0) is 34.1 Å². The Kier molecular flexibility index (Phi) is 4.30. The predicted octanol–water partition coefficient (Wildman–Crippen LogP) is 3.29. The summed E-state index contributed by atoms with van der Waals surface area (Å²) in [5.41, 5.74) is -1.47. The summed E-state index contributed by atoms with van der Waals surface area (Å²) in [4.78, 5) is 10.8. The third kappa shape index (κ3) is 3.39. The van der Waals surface area contributed by atoms with Gasteiger partial charge in [0.2, 0.25) is 0 Å². The molecule has 0 spiro atoms. The molecule has 1 heterocycles. The number of carbonyl (C=O) groups is 1. The molecule has 0 fully saturated rings. The Bertz CT molecular complexity index is 820. The highest BCUT2D eigenvalue weighted by atomic mass is 79.9. The summed E-state index contributed by atoms with van der Waals surface area (Å²) in [5.74, 6) is -4.13. The molecule has 0 aliphatic rings. The summed E-state index contributed by atoms with van der Waals surface area (Å²) in [6.07, 6.45) is 0. The molecule has 0 unspecified atom stereocenters. The molecule has 0 aliphatic heterocycles. The van der Waals surface area contributed by atoms with Crippen molar-refractivity contribution in [1.29, 1.82) is 0 Å². The first-order chi connectivity index (χ1) is 9.70. The minimum Gasteiger partial charge on any atom is -0.478 e. The van der Waals surface area contributed by atoms with Crippen LogP contribution in [0, 0.1) is 11.6 Å². The van der Waals surface area contributed by atoms with E-state index in [1.54, 1.807) is 0 Å². The average molecular weight is 398 g/mol. The standard InChI is InChI=1S/C11H6BrF2NO4S2/c12-9-1-2-10(20-9)21(18,19)15-8-3-5(11(16)17)6(13)4-7(8)14/h1-4,15H,(H,16,17). The minimum atomic E-state index is -4.09. The van der Waals surface area contributed by atoms with Gasteiger partial charge in [0.15, 0.2) is 0 Å². The van der Waals surface area contributed by atoms with Crippen molar-refractivity contribution in [3.63, 3.8) is 0 Å². The van der Waals surface area contributed by atoms with Gasteiger partial charge in [0, 0.05) is 6.07 Å². The molecule has 5 nitrogen and oxygen atoms in total. The molecule has 0 amide bonds. The lowest BCUT2D eigenvalue weighted by Gasteiger charge is -2.09. The Morgan fingerprint density at radius 3 is 2.43 bits per heavy atom. The summed E-state index contributed by atoms with van der Waals surface area (Å²) in [6.45, 7) is 0. The highest BCUT2D eigenvalue weighted by Gasteiger charge is 2.21. The third-order valence-corrected chi connectivity index (χ3v) is 5.83. The number of hydrogen-bond acceptors (Lipinski definition) is 4. The predicted molar refractivity (Wildman–Crippen MR) is 76.1 cm³/mol. The Labute approximate surface area is 130 Å². The summed E-state index contributed by atoms with van der Waals surface area (Å²) in [6, 6.07) is 3.68. The van der Waals surface area contributed by atoms with Gasteiger partial charge in [0.1, 0.15) is 15.8 Å². The van der Waals surface area contributed by atoms with Crippen LogP contribution in [0.3, 0.4) is 0 Å². The maximum Gasteiger partial charge on any atom is 0.338 e. The molecule has 0 saturated carbocycles. The smallest absolute Gasteiger partial charge is 0.338 e. The van der Waals surface area contributed by atoms with Crippen LogP contribution in [0.15, 0.2) is 32.3 Å². The van der Waals surface area contributed by atoms with Gasteiger partial charge in [-0.1, -0.05) is 0 Å². The number of sulfonamides is 1. The number of thiophene rings is 1. The van der Waals surface area contributed by atoms with Gasteiger partial charge < -0.3 is 5.11 Å². The van der Waals surface area contributed by atoms with Gasteiger partial charge in [-0.2, -0.15) is 0 Å². The largest absolute Gasteiger partial charge is 0.478 e. The summed E-state index contributed by atoms with van der Waals surface area (Å²) in [5, 5.41) is 8.76. The van der Waals surface area contributed by atoms with Crippen LogP contribution in [0.2, 0.25) is 0 Å². The monoisotopic (exact) mass is 397 g/mol. The molecule has 0 aliphatic carbocycles. The van der Waals surface area contributed by atoms with Crippen LogP contribution < -0.4 is 4.72 Å². The maximum atomic E-state index is 13.6. The van der Waals surface area contributed by atoms with Crippen molar-refractivity contribution < 1.29 is 27.1 Å². The van der Waals surface area contributed by atoms with Crippen LogP contribution in [0.1, 0.15) is 10.4 Å². The molecule has 0 radical (unpaired) electrons. The van der Waals surface area contributed by atoms with E-state index in [0.29, 0.717) is 15.9 Å². The van der Waals surface area contributed by atoms with Crippen LogP contribution in [-0.4, -0.2) is 19.5 Å². The fraction of sp³-hybridized carbons (Fsp3) is 0. The van der Waals surface area contributed by atoms with Crippen LogP contribution in [0.25, 0.3) is 0 Å². The average Bonchev–Trinajstić information content (AvgIpc) is 2.79. The molecule has 0 bridgehead atoms. The number of anilines is 1. The summed E-state index contributed by atoms with van der Waals surface area (Å²) >= 11 is 3.98. The lowest BCUT2D eigenvalue weighted by atomic mass is 10.2. The molecular formula is C11H6BrF2NO4S2.